The summed E-state index contributed by atoms with van der Waals surface area (Å²) in [6, 6.07) is 0. The molecule has 0 spiro atoms. The molecule has 0 saturated carbocycles. The van der Waals surface area contributed by atoms with Gasteiger partial charge < -0.3 is 11.5 Å². The van der Waals surface area contributed by atoms with Crippen LogP contribution in [-0.4, -0.2) is 30.3 Å². The van der Waals surface area contributed by atoms with Gasteiger partial charge in [0.25, 0.3) is 0 Å². The molecule has 0 bridgehead atoms. The standard InChI is InChI=1S/C5H14N4/c1-5(4-7)8-9(5)3-2-6/h8H,2-4,6-7H2,1H3. The normalized spacial score (nSPS) is 41.0. The molecule has 54 valence electrons. The van der Waals surface area contributed by atoms with Gasteiger partial charge in [-0.25, -0.2) is 10.4 Å². The molecule has 0 amide bonds. The molecule has 0 radical (unpaired) electrons. The molecule has 0 aromatic heterocycles. The Labute approximate surface area is 55.2 Å². The maximum atomic E-state index is 5.44. The third kappa shape index (κ3) is 1.21. The quantitative estimate of drug-likeness (QED) is 0.404. The van der Waals surface area contributed by atoms with Gasteiger partial charge >= 0.3 is 0 Å². The van der Waals surface area contributed by atoms with Crippen LogP contribution in [0.15, 0.2) is 0 Å². The van der Waals surface area contributed by atoms with Crippen molar-refractivity contribution in [3.8, 4) is 0 Å². The molecule has 4 heteroatoms. The van der Waals surface area contributed by atoms with E-state index in [0.29, 0.717) is 13.1 Å². The molecule has 0 aromatic rings. The third-order valence-electron chi connectivity index (χ3n) is 1.67. The van der Waals surface area contributed by atoms with Crippen LogP contribution in [0.5, 0.6) is 0 Å². The van der Waals surface area contributed by atoms with Crippen LogP contribution in [0.1, 0.15) is 6.92 Å². The average Bonchev–Trinajstić information content (AvgIpc) is 2.46. The molecule has 9 heavy (non-hydrogen) atoms. The van der Waals surface area contributed by atoms with E-state index in [1.54, 1.807) is 0 Å². The fourth-order valence-corrected chi connectivity index (χ4v) is 0.853. The number of nitrogens with zero attached hydrogens (tertiary/aromatic N) is 1. The van der Waals surface area contributed by atoms with E-state index in [1.165, 1.54) is 0 Å². The summed E-state index contributed by atoms with van der Waals surface area (Å²) < 4.78 is 0. The van der Waals surface area contributed by atoms with Crippen LogP contribution in [0.3, 0.4) is 0 Å². The monoisotopic (exact) mass is 130 g/mol. The van der Waals surface area contributed by atoms with Crippen molar-refractivity contribution >= 4 is 0 Å². The maximum Gasteiger partial charge on any atom is 0.107 e. The summed E-state index contributed by atoms with van der Waals surface area (Å²) in [6.45, 7) is 4.27. The average molecular weight is 130 g/mol. The molecule has 0 aliphatic carbocycles. The first-order valence-electron chi connectivity index (χ1n) is 3.18. The Morgan fingerprint density at radius 1 is 1.56 bits per heavy atom. The van der Waals surface area contributed by atoms with Gasteiger partial charge in [-0.3, -0.25) is 0 Å². The fourth-order valence-electron chi connectivity index (χ4n) is 0.853. The molecule has 4 nitrogen and oxygen atoms in total. The first kappa shape index (κ1) is 6.95. The van der Waals surface area contributed by atoms with Gasteiger partial charge in [-0.15, -0.1) is 0 Å². The van der Waals surface area contributed by atoms with E-state index >= 15 is 0 Å². The lowest BCUT2D eigenvalue weighted by Gasteiger charge is -2.02. The number of hydrogen-bond donors (Lipinski definition) is 3. The van der Waals surface area contributed by atoms with Gasteiger partial charge in [0.2, 0.25) is 0 Å². The lowest BCUT2D eigenvalue weighted by atomic mass is 10.3. The van der Waals surface area contributed by atoms with Crippen molar-refractivity contribution in [3.05, 3.63) is 0 Å². The topological polar surface area (TPSA) is 77.0 Å². The van der Waals surface area contributed by atoms with E-state index in [-0.39, 0.29) is 5.66 Å². The third-order valence-corrected chi connectivity index (χ3v) is 1.67. The number of hydrogen-bond acceptors (Lipinski definition) is 4. The second-order valence-corrected chi connectivity index (χ2v) is 2.53. The smallest absolute Gasteiger partial charge is 0.107 e. The van der Waals surface area contributed by atoms with E-state index in [0.717, 1.165) is 6.54 Å². The Kier molecular flexibility index (Phi) is 1.72. The fraction of sp³-hybridized carbons (Fsp3) is 1.00. The van der Waals surface area contributed by atoms with Gasteiger partial charge in [-0.2, -0.15) is 0 Å². The highest BCUT2D eigenvalue weighted by molar-refractivity contribution is 4.94. The summed E-state index contributed by atoms with van der Waals surface area (Å²) in [4.78, 5) is 0. The molecule has 1 fully saturated rings. The summed E-state index contributed by atoms with van der Waals surface area (Å²) in [5.41, 5.74) is 13.9. The summed E-state index contributed by atoms with van der Waals surface area (Å²) in [6.07, 6.45) is 0. The molecule has 2 atom stereocenters. The number of hydrazine groups is 1. The van der Waals surface area contributed by atoms with E-state index in [1.807, 2.05) is 5.01 Å². The summed E-state index contributed by atoms with van der Waals surface area (Å²) >= 11 is 0. The van der Waals surface area contributed by atoms with Gasteiger partial charge in [0, 0.05) is 19.6 Å². The molecule has 5 N–H and O–H groups in total. The molecule has 2 unspecified atom stereocenters. The first-order valence-corrected chi connectivity index (χ1v) is 3.18. The minimum Gasteiger partial charge on any atom is -0.329 e. The number of nitrogens with two attached hydrogens (primary N) is 2. The van der Waals surface area contributed by atoms with Crippen LogP contribution in [0, 0.1) is 0 Å². The molecule has 1 heterocycles. The van der Waals surface area contributed by atoms with Crippen LogP contribution >= 0.6 is 0 Å². The Bertz CT molecular complexity index is 103. The largest absolute Gasteiger partial charge is 0.329 e. The number of rotatable bonds is 3. The van der Waals surface area contributed by atoms with E-state index < -0.39 is 0 Å². The van der Waals surface area contributed by atoms with Crippen molar-refractivity contribution < 1.29 is 0 Å². The van der Waals surface area contributed by atoms with Gasteiger partial charge in [0.05, 0.1) is 0 Å². The van der Waals surface area contributed by atoms with Crippen LogP contribution in [0.4, 0.5) is 0 Å². The zero-order valence-corrected chi connectivity index (χ0v) is 5.72. The highest BCUT2D eigenvalue weighted by Crippen LogP contribution is 2.20. The van der Waals surface area contributed by atoms with Crippen molar-refractivity contribution in [2.45, 2.75) is 12.6 Å². The molecule has 1 saturated heterocycles. The second-order valence-electron chi connectivity index (χ2n) is 2.53. The Hall–Kier alpha value is -0.160. The van der Waals surface area contributed by atoms with E-state index in [4.69, 9.17) is 11.5 Å². The Morgan fingerprint density at radius 3 is 2.56 bits per heavy atom. The van der Waals surface area contributed by atoms with Crippen molar-refractivity contribution in [1.82, 2.24) is 10.4 Å². The van der Waals surface area contributed by atoms with Gasteiger partial charge in [-0.1, -0.05) is 0 Å². The van der Waals surface area contributed by atoms with E-state index in [2.05, 4.69) is 12.3 Å². The Morgan fingerprint density at radius 2 is 2.22 bits per heavy atom. The van der Waals surface area contributed by atoms with Crippen LogP contribution in [0.2, 0.25) is 0 Å². The zero-order chi connectivity index (χ0) is 6.91. The lowest BCUT2D eigenvalue weighted by Crippen LogP contribution is -2.28. The first-order chi connectivity index (χ1) is 4.23. The predicted octanol–water partition coefficient (Wildman–Crippen LogP) is -1.56. The summed E-state index contributed by atoms with van der Waals surface area (Å²) in [5, 5.41) is 2.05. The van der Waals surface area contributed by atoms with Crippen LogP contribution in [-0.2, 0) is 0 Å². The maximum absolute atomic E-state index is 5.44. The molecular weight excluding hydrogens is 116 g/mol. The highest BCUT2D eigenvalue weighted by Gasteiger charge is 2.44. The Balaban J connectivity index is 2.22. The molecule has 1 rings (SSSR count). The van der Waals surface area contributed by atoms with Crippen LogP contribution in [0.25, 0.3) is 0 Å². The SMILES string of the molecule is CC1(CN)NN1CCN. The summed E-state index contributed by atoms with van der Waals surface area (Å²) in [5.74, 6) is 0. The zero-order valence-electron chi connectivity index (χ0n) is 5.72. The molecular formula is C5H14N4. The van der Waals surface area contributed by atoms with Crippen molar-refractivity contribution in [2.75, 3.05) is 19.6 Å². The summed E-state index contributed by atoms with van der Waals surface area (Å²) in [7, 11) is 0. The van der Waals surface area contributed by atoms with Crippen molar-refractivity contribution in [1.29, 1.82) is 0 Å². The molecule has 1 aliphatic rings. The minimum absolute atomic E-state index is 0.0410. The lowest BCUT2D eigenvalue weighted by molar-refractivity contribution is 0.431. The van der Waals surface area contributed by atoms with Crippen molar-refractivity contribution in [2.24, 2.45) is 11.5 Å². The highest BCUT2D eigenvalue weighted by atomic mass is 15.8. The van der Waals surface area contributed by atoms with Gasteiger partial charge in [-0.05, 0) is 6.92 Å². The molecule has 0 aromatic carbocycles. The van der Waals surface area contributed by atoms with Crippen molar-refractivity contribution in [3.63, 3.8) is 0 Å². The predicted molar refractivity (Wildman–Crippen MR) is 36.4 cm³/mol. The van der Waals surface area contributed by atoms with Gasteiger partial charge in [0.1, 0.15) is 5.66 Å². The van der Waals surface area contributed by atoms with Crippen LogP contribution < -0.4 is 16.9 Å². The van der Waals surface area contributed by atoms with E-state index in [9.17, 15) is 0 Å². The number of nitrogens with one attached hydrogen (secondary N) is 1. The molecule has 1 aliphatic heterocycles. The second kappa shape index (κ2) is 2.22. The minimum atomic E-state index is 0.0410. The van der Waals surface area contributed by atoms with Gasteiger partial charge in [0.15, 0.2) is 0 Å².